The summed E-state index contributed by atoms with van der Waals surface area (Å²) in [6.45, 7) is 2.16. The minimum absolute atomic E-state index is 1.22. The van der Waals surface area contributed by atoms with Gasteiger partial charge in [0, 0.05) is 0 Å². The molecule has 0 aliphatic carbocycles. The second-order valence-corrected chi connectivity index (χ2v) is 5.60. The van der Waals surface area contributed by atoms with Gasteiger partial charge in [0.1, 0.15) is 0 Å². The molecule has 3 aromatic carbocycles. The van der Waals surface area contributed by atoms with Crippen LogP contribution in [0.4, 0.5) is 0 Å². The Kier molecular flexibility index (Phi) is 4.85. The van der Waals surface area contributed by atoms with Crippen LogP contribution < -0.4 is 0 Å². The predicted molar refractivity (Wildman–Crippen MR) is 102 cm³/mol. The minimum Gasteiger partial charge on any atom is -0.0622 e. The lowest BCUT2D eigenvalue weighted by molar-refractivity contribution is 1.43. The third-order valence-corrected chi connectivity index (χ3v) is 3.82. The fourth-order valence-corrected chi connectivity index (χ4v) is 2.50. The van der Waals surface area contributed by atoms with Crippen molar-refractivity contribution in [2.45, 2.75) is 6.92 Å². The van der Waals surface area contributed by atoms with Gasteiger partial charge in [-0.3, -0.25) is 0 Å². The lowest BCUT2D eigenvalue weighted by atomic mass is 10.0. The maximum absolute atomic E-state index is 2.23. The molecule has 0 nitrogen and oxygen atoms in total. The largest absolute Gasteiger partial charge is 0.0622 e. The molecule has 0 unspecified atom stereocenters. The number of hydrogen-bond donors (Lipinski definition) is 0. The normalized spacial score (nSPS) is 11.3. The molecule has 0 saturated heterocycles. The van der Waals surface area contributed by atoms with Gasteiger partial charge in [-0.05, 0) is 34.7 Å². The highest BCUT2D eigenvalue weighted by molar-refractivity contribution is 5.74. The molecule has 3 rings (SSSR count). The average Bonchev–Trinajstić information content (AvgIpc) is 2.61. The average molecular weight is 296 g/mol. The lowest BCUT2D eigenvalue weighted by Gasteiger charge is -2.03. The van der Waals surface area contributed by atoms with E-state index in [1.807, 2.05) is 12.1 Å². The summed E-state index contributed by atoms with van der Waals surface area (Å²) in [5.41, 5.74) is 6.21. The summed E-state index contributed by atoms with van der Waals surface area (Å²) in [7, 11) is 0. The van der Waals surface area contributed by atoms with Crippen molar-refractivity contribution in [3.63, 3.8) is 0 Å². The Morgan fingerprint density at radius 1 is 0.522 bits per heavy atom. The van der Waals surface area contributed by atoms with Crippen molar-refractivity contribution in [2.75, 3.05) is 0 Å². The molecule has 0 N–H and O–H groups in total. The number of benzene rings is 3. The lowest BCUT2D eigenvalue weighted by Crippen LogP contribution is -1.82. The zero-order valence-corrected chi connectivity index (χ0v) is 13.3. The summed E-state index contributed by atoms with van der Waals surface area (Å²) < 4.78 is 0. The van der Waals surface area contributed by atoms with E-state index in [2.05, 4.69) is 98.0 Å². The third-order valence-electron chi connectivity index (χ3n) is 3.82. The predicted octanol–water partition coefficient (Wildman–Crippen LogP) is 6.34. The maximum atomic E-state index is 2.23. The van der Waals surface area contributed by atoms with E-state index in [-0.39, 0.29) is 0 Å². The smallest absolute Gasteiger partial charge is 0.0227 e. The molecular weight excluding hydrogens is 276 g/mol. The first-order chi connectivity index (χ1) is 11.3. The van der Waals surface area contributed by atoms with E-state index >= 15 is 0 Å². The topological polar surface area (TPSA) is 0 Å². The molecule has 0 fully saturated rings. The summed E-state index contributed by atoms with van der Waals surface area (Å²) in [5, 5.41) is 0. The molecule has 0 aliphatic heterocycles. The number of aryl methyl sites for hydroxylation is 1. The Hall–Kier alpha value is -2.86. The van der Waals surface area contributed by atoms with Crippen LogP contribution in [0.1, 0.15) is 27.8 Å². The summed E-state index contributed by atoms with van der Waals surface area (Å²) in [6, 6.07) is 27.3. The van der Waals surface area contributed by atoms with Gasteiger partial charge in [-0.2, -0.15) is 0 Å². The quantitative estimate of drug-likeness (QED) is 0.493. The zero-order chi connectivity index (χ0) is 15.9. The second-order valence-electron chi connectivity index (χ2n) is 5.60. The summed E-state index contributed by atoms with van der Waals surface area (Å²) >= 11 is 0. The molecular formula is C23H20. The van der Waals surface area contributed by atoms with Crippen LogP contribution in [-0.2, 0) is 0 Å². The van der Waals surface area contributed by atoms with E-state index < -0.39 is 0 Å². The molecule has 0 atom stereocenters. The van der Waals surface area contributed by atoms with Crippen LogP contribution in [0.2, 0.25) is 0 Å². The minimum atomic E-state index is 1.22. The van der Waals surface area contributed by atoms with E-state index in [0.29, 0.717) is 0 Å². The van der Waals surface area contributed by atoms with Crippen LogP contribution in [0.15, 0.2) is 78.9 Å². The van der Waals surface area contributed by atoms with Crippen LogP contribution in [0.3, 0.4) is 0 Å². The van der Waals surface area contributed by atoms with Gasteiger partial charge >= 0.3 is 0 Å². The Morgan fingerprint density at radius 2 is 1.04 bits per heavy atom. The first-order valence-electron chi connectivity index (χ1n) is 7.88. The zero-order valence-electron chi connectivity index (χ0n) is 13.3. The first kappa shape index (κ1) is 15.1. The van der Waals surface area contributed by atoms with Crippen molar-refractivity contribution < 1.29 is 0 Å². The Bertz CT molecular complexity index is 809. The van der Waals surface area contributed by atoms with Gasteiger partial charge in [0.2, 0.25) is 0 Å². The Morgan fingerprint density at radius 3 is 1.61 bits per heavy atom. The van der Waals surface area contributed by atoms with Crippen molar-refractivity contribution in [1.82, 2.24) is 0 Å². The monoisotopic (exact) mass is 296 g/mol. The highest BCUT2D eigenvalue weighted by Crippen LogP contribution is 2.16. The van der Waals surface area contributed by atoms with Crippen LogP contribution >= 0.6 is 0 Å². The van der Waals surface area contributed by atoms with Gasteiger partial charge in [0.15, 0.2) is 0 Å². The standard InChI is InChI=1S/C23H20/c1-19-18-22(13-12-20-8-4-2-5-9-20)15-17-23(19)16-14-21-10-6-3-7-11-21/h2-18H,1H3. The summed E-state index contributed by atoms with van der Waals surface area (Å²) in [6.07, 6.45) is 8.64. The van der Waals surface area contributed by atoms with Gasteiger partial charge in [0.25, 0.3) is 0 Å². The van der Waals surface area contributed by atoms with Crippen molar-refractivity contribution >= 4 is 24.3 Å². The van der Waals surface area contributed by atoms with Crippen LogP contribution in [0.25, 0.3) is 24.3 Å². The van der Waals surface area contributed by atoms with Crippen molar-refractivity contribution in [3.8, 4) is 0 Å². The Balaban J connectivity index is 1.76. The van der Waals surface area contributed by atoms with Crippen LogP contribution in [-0.4, -0.2) is 0 Å². The fraction of sp³-hybridized carbons (Fsp3) is 0.0435. The van der Waals surface area contributed by atoms with Crippen molar-refractivity contribution in [1.29, 1.82) is 0 Å². The van der Waals surface area contributed by atoms with Crippen LogP contribution in [0, 0.1) is 6.92 Å². The molecule has 0 heterocycles. The SMILES string of the molecule is Cc1cc(C=Cc2ccccc2)ccc1C=Cc1ccccc1. The molecule has 112 valence electrons. The molecule has 0 heteroatoms. The number of hydrogen-bond acceptors (Lipinski definition) is 0. The van der Waals surface area contributed by atoms with Gasteiger partial charge < -0.3 is 0 Å². The summed E-state index contributed by atoms with van der Waals surface area (Å²) in [5.74, 6) is 0. The maximum Gasteiger partial charge on any atom is -0.0227 e. The van der Waals surface area contributed by atoms with E-state index in [9.17, 15) is 0 Å². The molecule has 0 aliphatic rings. The van der Waals surface area contributed by atoms with Gasteiger partial charge in [-0.1, -0.05) is 103 Å². The molecule has 23 heavy (non-hydrogen) atoms. The molecule has 0 amide bonds. The Labute approximate surface area is 138 Å². The van der Waals surface area contributed by atoms with Crippen molar-refractivity contribution in [3.05, 3.63) is 107 Å². The third kappa shape index (κ3) is 4.31. The first-order valence-corrected chi connectivity index (χ1v) is 7.88. The van der Waals surface area contributed by atoms with Crippen molar-refractivity contribution in [2.24, 2.45) is 0 Å². The van der Waals surface area contributed by atoms with Crippen LogP contribution in [0.5, 0.6) is 0 Å². The molecule has 0 spiro atoms. The van der Waals surface area contributed by atoms with Gasteiger partial charge in [-0.15, -0.1) is 0 Å². The van der Waals surface area contributed by atoms with Gasteiger partial charge in [-0.25, -0.2) is 0 Å². The molecule has 0 bridgehead atoms. The highest BCUT2D eigenvalue weighted by atomic mass is 14.0. The summed E-state index contributed by atoms with van der Waals surface area (Å²) in [4.78, 5) is 0. The van der Waals surface area contributed by atoms with E-state index in [0.717, 1.165) is 0 Å². The van der Waals surface area contributed by atoms with E-state index in [1.54, 1.807) is 0 Å². The van der Waals surface area contributed by atoms with E-state index in [4.69, 9.17) is 0 Å². The van der Waals surface area contributed by atoms with E-state index in [1.165, 1.54) is 27.8 Å². The number of rotatable bonds is 4. The second kappa shape index (κ2) is 7.42. The van der Waals surface area contributed by atoms with Gasteiger partial charge in [0.05, 0.1) is 0 Å². The molecule has 3 aromatic rings. The fourth-order valence-electron chi connectivity index (χ4n) is 2.50. The highest BCUT2D eigenvalue weighted by Gasteiger charge is 1.96. The molecule has 0 radical (unpaired) electrons. The molecule has 0 aromatic heterocycles. The molecule has 0 saturated carbocycles.